The van der Waals surface area contributed by atoms with E-state index in [1.165, 1.54) is 18.9 Å². The zero-order valence-electron chi connectivity index (χ0n) is 9.84. The average molecular weight is 258 g/mol. The lowest BCUT2D eigenvalue weighted by Gasteiger charge is -2.29. The van der Waals surface area contributed by atoms with Gasteiger partial charge in [-0.2, -0.15) is 0 Å². The summed E-state index contributed by atoms with van der Waals surface area (Å²) in [5.74, 6) is 0.287. The summed E-state index contributed by atoms with van der Waals surface area (Å²) in [6, 6.07) is 4.58. The van der Waals surface area contributed by atoms with Crippen molar-refractivity contribution in [2.24, 2.45) is 5.92 Å². The van der Waals surface area contributed by atoms with Crippen LogP contribution in [0.25, 0.3) is 0 Å². The summed E-state index contributed by atoms with van der Waals surface area (Å²) in [6.07, 6.45) is 2.50. The van der Waals surface area contributed by atoms with Gasteiger partial charge in [0.15, 0.2) is 0 Å². The largest absolute Gasteiger partial charge is 0.394 e. The molecule has 2 nitrogen and oxygen atoms in total. The van der Waals surface area contributed by atoms with Crippen LogP contribution in [0.2, 0.25) is 5.02 Å². The molecule has 4 heteroatoms. The normalized spacial score (nSPS) is 19.1. The molecule has 17 heavy (non-hydrogen) atoms. The van der Waals surface area contributed by atoms with Crippen LogP contribution in [0, 0.1) is 11.7 Å². The Morgan fingerprint density at radius 1 is 1.53 bits per heavy atom. The molecule has 0 bridgehead atoms. The molecule has 0 aromatic heterocycles. The van der Waals surface area contributed by atoms with Gasteiger partial charge in [0.25, 0.3) is 0 Å². The van der Waals surface area contributed by atoms with Crippen LogP contribution in [0.1, 0.15) is 25.3 Å². The van der Waals surface area contributed by atoms with Gasteiger partial charge in [-0.1, -0.05) is 17.7 Å². The lowest BCUT2D eigenvalue weighted by molar-refractivity contribution is 0.173. The third-order valence-corrected chi connectivity index (χ3v) is 3.64. The zero-order chi connectivity index (χ0) is 12.5. The lowest BCUT2D eigenvalue weighted by atomic mass is 9.92. The molecule has 1 aromatic rings. The fourth-order valence-electron chi connectivity index (χ4n) is 1.78. The molecular weight excluding hydrogens is 241 g/mol. The SMILES string of the molecule is CC(CO)(NCC1CC1)c1ccc(F)c(Cl)c1. The van der Waals surface area contributed by atoms with Gasteiger partial charge >= 0.3 is 0 Å². The molecular formula is C13H17ClFNO. The van der Waals surface area contributed by atoms with Crippen molar-refractivity contribution in [1.82, 2.24) is 5.32 Å². The van der Waals surface area contributed by atoms with Crippen LogP contribution in [-0.4, -0.2) is 18.3 Å². The highest BCUT2D eigenvalue weighted by Gasteiger charge is 2.29. The molecule has 94 valence electrons. The Morgan fingerprint density at radius 3 is 2.76 bits per heavy atom. The summed E-state index contributed by atoms with van der Waals surface area (Å²) >= 11 is 5.77. The third-order valence-electron chi connectivity index (χ3n) is 3.35. The second kappa shape index (κ2) is 4.92. The molecule has 0 aliphatic heterocycles. The van der Waals surface area contributed by atoms with E-state index in [1.54, 1.807) is 12.1 Å². The van der Waals surface area contributed by atoms with Crippen molar-refractivity contribution in [3.05, 3.63) is 34.6 Å². The predicted octanol–water partition coefficient (Wildman–Crippen LogP) is 2.69. The molecule has 1 unspecified atom stereocenters. The van der Waals surface area contributed by atoms with Crippen LogP contribution < -0.4 is 5.32 Å². The van der Waals surface area contributed by atoms with Crippen molar-refractivity contribution in [2.75, 3.05) is 13.2 Å². The summed E-state index contributed by atoms with van der Waals surface area (Å²) in [5, 5.41) is 13.0. The van der Waals surface area contributed by atoms with Crippen molar-refractivity contribution in [3.8, 4) is 0 Å². The van der Waals surface area contributed by atoms with E-state index >= 15 is 0 Å². The Kier molecular flexibility index (Phi) is 3.71. The fourth-order valence-corrected chi connectivity index (χ4v) is 1.96. The summed E-state index contributed by atoms with van der Waals surface area (Å²) < 4.78 is 13.1. The number of hydrogen-bond acceptors (Lipinski definition) is 2. The minimum absolute atomic E-state index is 0.0400. The maximum absolute atomic E-state index is 13.1. The molecule has 0 radical (unpaired) electrons. The quantitative estimate of drug-likeness (QED) is 0.850. The number of halogens is 2. The Bertz CT molecular complexity index is 408. The van der Waals surface area contributed by atoms with E-state index in [4.69, 9.17) is 11.6 Å². The maximum Gasteiger partial charge on any atom is 0.141 e. The predicted molar refractivity (Wildman–Crippen MR) is 66.6 cm³/mol. The smallest absolute Gasteiger partial charge is 0.141 e. The lowest BCUT2D eigenvalue weighted by Crippen LogP contribution is -2.43. The van der Waals surface area contributed by atoms with Crippen molar-refractivity contribution < 1.29 is 9.50 Å². The summed E-state index contributed by atoms with van der Waals surface area (Å²) in [5.41, 5.74) is 0.256. The summed E-state index contributed by atoms with van der Waals surface area (Å²) in [4.78, 5) is 0. The molecule has 2 N–H and O–H groups in total. The average Bonchev–Trinajstić information content (AvgIpc) is 3.13. The van der Waals surface area contributed by atoms with Gasteiger partial charge in [-0.3, -0.25) is 0 Å². The molecule has 1 aromatic carbocycles. The maximum atomic E-state index is 13.1. The Labute approximate surface area is 106 Å². The van der Waals surface area contributed by atoms with Crippen molar-refractivity contribution in [3.63, 3.8) is 0 Å². The second-order valence-corrected chi connectivity index (χ2v) is 5.35. The Morgan fingerprint density at radius 2 is 2.24 bits per heavy atom. The highest BCUT2D eigenvalue weighted by atomic mass is 35.5. The molecule has 2 rings (SSSR count). The third kappa shape index (κ3) is 2.97. The highest BCUT2D eigenvalue weighted by Crippen LogP contribution is 2.30. The first-order chi connectivity index (χ1) is 8.05. The fraction of sp³-hybridized carbons (Fsp3) is 0.538. The van der Waals surface area contributed by atoms with Crippen molar-refractivity contribution >= 4 is 11.6 Å². The van der Waals surface area contributed by atoms with E-state index in [1.807, 2.05) is 6.92 Å². The highest BCUT2D eigenvalue weighted by molar-refractivity contribution is 6.30. The van der Waals surface area contributed by atoms with Gasteiger partial charge in [0.05, 0.1) is 17.2 Å². The standard InChI is InChI=1S/C13H17ClFNO/c1-13(8-17,16-7-9-2-3-9)10-4-5-12(15)11(14)6-10/h4-6,9,16-17H,2-3,7-8H2,1H3. The monoisotopic (exact) mass is 257 g/mol. The first-order valence-electron chi connectivity index (χ1n) is 5.86. The number of hydrogen-bond donors (Lipinski definition) is 2. The van der Waals surface area contributed by atoms with Gasteiger partial charge in [-0.05, 0) is 49.9 Å². The van der Waals surface area contributed by atoms with Crippen LogP contribution in [-0.2, 0) is 5.54 Å². The first kappa shape index (κ1) is 12.8. The van der Waals surface area contributed by atoms with E-state index in [0.717, 1.165) is 18.0 Å². The van der Waals surface area contributed by atoms with Gasteiger partial charge in [0.1, 0.15) is 5.82 Å². The summed E-state index contributed by atoms with van der Waals surface area (Å²) in [7, 11) is 0. The number of aliphatic hydroxyl groups is 1. The molecule has 1 atom stereocenters. The van der Waals surface area contributed by atoms with Gasteiger partial charge in [0.2, 0.25) is 0 Å². The van der Waals surface area contributed by atoms with Gasteiger partial charge in [-0.15, -0.1) is 0 Å². The molecule has 1 fully saturated rings. The molecule has 0 heterocycles. The molecule has 1 aliphatic rings. The molecule has 0 saturated heterocycles. The Balaban J connectivity index is 2.16. The second-order valence-electron chi connectivity index (χ2n) is 4.94. The van der Waals surface area contributed by atoms with E-state index in [-0.39, 0.29) is 11.6 Å². The van der Waals surface area contributed by atoms with Crippen LogP contribution in [0.3, 0.4) is 0 Å². The Hall–Kier alpha value is -0.640. The number of rotatable bonds is 5. The van der Waals surface area contributed by atoms with E-state index in [2.05, 4.69) is 5.32 Å². The molecule has 0 amide bonds. The van der Waals surface area contributed by atoms with Crippen LogP contribution in [0.5, 0.6) is 0 Å². The van der Waals surface area contributed by atoms with E-state index in [0.29, 0.717) is 0 Å². The minimum Gasteiger partial charge on any atom is -0.394 e. The van der Waals surface area contributed by atoms with Crippen LogP contribution in [0.4, 0.5) is 4.39 Å². The molecule has 0 spiro atoms. The number of aliphatic hydroxyl groups excluding tert-OH is 1. The zero-order valence-corrected chi connectivity index (χ0v) is 10.6. The van der Waals surface area contributed by atoms with E-state index < -0.39 is 11.4 Å². The van der Waals surface area contributed by atoms with Crippen LogP contribution >= 0.6 is 11.6 Å². The van der Waals surface area contributed by atoms with Crippen molar-refractivity contribution in [2.45, 2.75) is 25.3 Å². The van der Waals surface area contributed by atoms with E-state index in [9.17, 15) is 9.50 Å². The number of nitrogens with one attached hydrogen (secondary N) is 1. The van der Waals surface area contributed by atoms with Gasteiger partial charge < -0.3 is 10.4 Å². The topological polar surface area (TPSA) is 32.3 Å². The van der Waals surface area contributed by atoms with Gasteiger partial charge in [0, 0.05) is 0 Å². The minimum atomic E-state index is -0.556. The number of benzene rings is 1. The van der Waals surface area contributed by atoms with Crippen molar-refractivity contribution in [1.29, 1.82) is 0 Å². The summed E-state index contributed by atoms with van der Waals surface area (Å²) in [6.45, 7) is 2.74. The van der Waals surface area contributed by atoms with Gasteiger partial charge in [-0.25, -0.2) is 4.39 Å². The van der Waals surface area contributed by atoms with Crippen LogP contribution in [0.15, 0.2) is 18.2 Å². The molecule has 1 saturated carbocycles. The molecule has 1 aliphatic carbocycles. The first-order valence-corrected chi connectivity index (χ1v) is 6.24.